The second-order valence-electron chi connectivity index (χ2n) is 5.21. The molecule has 0 aliphatic carbocycles. The maximum absolute atomic E-state index is 11.2. The number of hydrogen-bond acceptors (Lipinski definition) is 4. The smallest absolute Gasteiger partial charge is 0.335 e. The summed E-state index contributed by atoms with van der Waals surface area (Å²) < 4.78 is 5.41. The molecule has 0 bridgehead atoms. The first-order valence-corrected chi connectivity index (χ1v) is 7.16. The van der Waals surface area contributed by atoms with Gasteiger partial charge in [0.05, 0.1) is 11.7 Å². The number of aromatic nitrogens is 1. The molecule has 110 valence electrons. The van der Waals surface area contributed by atoms with Crippen LogP contribution in [-0.2, 0) is 11.2 Å². The van der Waals surface area contributed by atoms with E-state index in [1.807, 2.05) is 0 Å². The van der Waals surface area contributed by atoms with E-state index >= 15 is 0 Å². The van der Waals surface area contributed by atoms with Crippen LogP contribution in [0.3, 0.4) is 0 Å². The monoisotopic (exact) mass is 278 g/mol. The highest BCUT2D eigenvalue weighted by molar-refractivity contribution is 5.88. The molecular weight excluding hydrogens is 256 g/mol. The molecule has 1 atom stereocenters. The lowest BCUT2D eigenvalue weighted by atomic mass is 10.1. The van der Waals surface area contributed by atoms with E-state index in [1.54, 1.807) is 19.2 Å². The van der Waals surface area contributed by atoms with Crippen LogP contribution in [0.5, 0.6) is 0 Å². The molecule has 0 spiro atoms. The lowest BCUT2D eigenvalue weighted by Gasteiger charge is -2.33. The second-order valence-corrected chi connectivity index (χ2v) is 5.21. The van der Waals surface area contributed by atoms with Crippen molar-refractivity contribution in [2.24, 2.45) is 0 Å². The lowest BCUT2D eigenvalue weighted by Crippen LogP contribution is -2.39. The fraction of sp³-hybridized carbons (Fsp3) is 0.600. The standard InChI is InChI=1S/C15H22N2O3/c1-3-5-12-8-11(15(18)19)9-14(16-12)17-7-4-6-13(10-17)20-2/h8-9,13H,3-7,10H2,1-2H3,(H,18,19). The number of aryl methyl sites for hydroxylation is 1. The molecule has 0 aromatic carbocycles. The number of rotatable bonds is 5. The third kappa shape index (κ3) is 3.48. The van der Waals surface area contributed by atoms with Crippen molar-refractivity contribution in [2.45, 2.75) is 38.7 Å². The Balaban J connectivity index is 2.27. The molecule has 2 rings (SSSR count). The first-order valence-electron chi connectivity index (χ1n) is 7.16. The fourth-order valence-corrected chi connectivity index (χ4v) is 2.58. The van der Waals surface area contributed by atoms with Crippen molar-refractivity contribution in [3.63, 3.8) is 0 Å². The molecule has 0 saturated carbocycles. The van der Waals surface area contributed by atoms with Gasteiger partial charge in [-0.15, -0.1) is 0 Å². The van der Waals surface area contributed by atoms with Crippen LogP contribution < -0.4 is 4.90 Å². The second kappa shape index (κ2) is 6.70. The van der Waals surface area contributed by atoms with Gasteiger partial charge in [-0.25, -0.2) is 9.78 Å². The highest BCUT2D eigenvalue weighted by Gasteiger charge is 2.21. The van der Waals surface area contributed by atoms with E-state index in [0.29, 0.717) is 5.56 Å². The zero-order chi connectivity index (χ0) is 14.5. The van der Waals surface area contributed by atoms with Gasteiger partial charge < -0.3 is 14.7 Å². The van der Waals surface area contributed by atoms with Crippen LogP contribution in [0, 0.1) is 0 Å². The third-order valence-electron chi connectivity index (χ3n) is 3.65. The normalized spacial score (nSPS) is 19.1. The average molecular weight is 278 g/mol. The Hall–Kier alpha value is -1.62. The fourth-order valence-electron chi connectivity index (χ4n) is 2.58. The Morgan fingerprint density at radius 1 is 1.55 bits per heavy atom. The van der Waals surface area contributed by atoms with E-state index in [0.717, 1.165) is 50.3 Å². The van der Waals surface area contributed by atoms with Crippen LogP contribution in [0.15, 0.2) is 12.1 Å². The summed E-state index contributed by atoms with van der Waals surface area (Å²) in [4.78, 5) is 18.0. The number of hydrogen-bond donors (Lipinski definition) is 1. The van der Waals surface area contributed by atoms with E-state index in [1.165, 1.54) is 0 Å². The molecule has 1 aromatic rings. The maximum atomic E-state index is 11.2. The summed E-state index contributed by atoms with van der Waals surface area (Å²) in [5.74, 6) is -0.138. The van der Waals surface area contributed by atoms with Crippen molar-refractivity contribution in [3.05, 3.63) is 23.4 Å². The summed E-state index contributed by atoms with van der Waals surface area (Å²) in [7, 11) is 1.72. The van der Waals surface area contributed by atoms with Gasteiger partial charge in [-0.3, -0.25) is 0 Å². The van der Waals surface area contributed by atoms with Crippen molar-refractivity contribution in [1.82, 2.24) is 4.98 Å². The summed E-state index contributed by atoms with van der Waals surface area (Å²) in [6.07, 6.45) is 4.05. The maximum Gasteiger partial charge on any atom is 0.335 e. The van der Waals surface area contributed by atoms with E-state index in [9.17, 15) is 9.90 Å². The Labute approximate surface area is 119 Å². The van der Waals surface area contributed by atoms with Crippen molar-refractivity contribution in [3.8, 4) is 0 Å². The Kier molecular flexibility index (Phi) is 4.95. The van der Waals surface area contributed by atoms with E-state index < -0.39 is 5.97 Å². The van der Waals surface area contributed by atoms with Gasteiger partial charge in [0.2, 0.25) is 0 Å². The number of pyridine rings is 1. The molecule has 5 heteroatoms. The van der Waals surface area contributed by atoms with Gasteiger partial charge in [-0.1, -0.05) is 13.3 Å². The minimum absolute atomic E-state index is 0.202. The molecule has 1 N–H and O–H groups in total. The number of carbonyl (C=O) groups is 1. The number of ether oxygens (including phenoxy) is 1. The van der Waals surface area contributed by atoms with Gasteiger partial charge in [0.15, 0.2) is 0 Å². The molecule has 1 aliphatic rings. The number of aromatic carboxylic acids is 1. The van der Waals surface area contributed by atoms with Gasteiger partial charge in [0.25, 0.3) is 0 Å². The van der Waals surface area contributed by atoms with Gasteiger partial charge in [-0.2, -0.15) is 0 Å². The minimum atomic E-state index is -0.897. The topological polar surface area (TPSA) is 62.7 Å². The predicted molar refractivity (Wildman–Crippen MR) is 77.4 cm³/mol. The van der Waals surface area contributed by atoms with Crippen LogP contribution in [0.1, 0.15) is 42.2 Å². The number of carboxylic acids is 1. The molecule has 0 radical (unpaired) electrons. The van der Waals surface area contributed by atoms with E-state index in [-0.39, 0.29) is 6.10 Å². The molecule has 20 heavy (non-hydrogen) atoms. The number of nitrogens with zero attached hydrogens (tertiary/aromatic N) is 2. The molecular formula is C15H22N2O3. The van der Waals surface area contributed by atoms with Crippen LogP contribution in [0.4, 0.5) is 5.82 Å². The summed E-state index contributed by atoms with van der Waals surface area (Å²) in [5.41, 5.74) is 1.17. The molecule has 1 fully saturated rings. The highest BCUT2D eigenvalue weighted by Crippen LogP contribution is 2.21. The van der Waals surface area contributed by atoms with Gasteiger partial charge in [-0.05, 0) is 31.4 Å². The number of anilines is 1. The number of methoxy groups -OCH3 is 1. The van der Waals surface area contributed by atoms with Crippen molar-refractivity contribution in [1.29, 1.82) is 0 Å². The van der Waals surface area contributed by atoms with Gasteiger partial charge >= 0.3 is 5.97 Å². The zero-order valence-corrected chi connectivity index (χ0v) is 12.1. The number of carboxylic acid groups (broad SMARTS) is 1. The van der Waals surface area contributed by atoms with Gasteiger partial charge in [0, 0.05) is 25.9 Å². The first-order chi connectivity index (χ1) is 9.63. The Morgan fingerprint density at radius 2 is 2.35 bits per heavy atom. The van der Waals surface area contributed by atoms with Crippen LogP contribution in [0.25, 0.3) is 0 Å². The van der Waals surface area contributed by atoms with Crippen LogP contribution in [-0.4, -0.2) is 42.4 Å². The van der Waals surface area contributed by atoms with Crippen LogP contribution in [0.2, 0.25) is 0 Å². The summed E-state index contributed by atoms with van der Waals surface area (Å²) in [5, 5.41) is 9.23. The summed E-state index contributed by atoms with van der Waals surface area (Å²) in [6, 6.07) is 3.34. The summed E-state index contributed by atoms with van der Waals surface area (Å²) in [6.45, 7) is 3.75. The molecule has 2 heterocycles. The molecule has 1 unspecified atom stereocenters. The summed E-state index contributed by atoms with van der Waals surface area (Å²) >= 11 is 0. The SMILES string of the molecule is CCCc1cc(C(=O)O)cc(N2CCCC(OC)C2)n1. The van der Waals surface area contributed by atoms with Gasteiger partial charge in [0.1, 0.15) is 5.82 Å². The predicted octanol–water partition coefficient (Wildman–Crippen LogP) is 2.35. The third-order valence-corrected chi connectivity index (χ3v) is 3.65. The lowest BCUT2D eigenvalue weighted by molar-refractivity contribution is 0.0696. The van der Waals surface area contributed by atoms with Crippen molar-refractivity contribution < 1.29 is 14.6 Å². The van der Waals surface area contributed by atoms with Crippen molar-refractivity contribution in [2.75, 3.05) is 25.1 Å². The molecule has 5 nitrogen and oxygen atoms in total. The Morgan fingerprint density at radius 3 is 3.00 bits per heavy atom. The Bertz CT molecular complexity index is 476. The van der Waals surface area contributed by atoms with E-state index in [4.69, 9.17) is 4.74 Å². The molecule has 0 amide bonds. The van der Waals surface area contributed by atoms with E-state index in [2.05, 4.69) is 16.8 Å². The molecule has 1 saturated heterocycles. The van der Waals surface area contributed by atoms with Crippen molar-refractivity contribution >= 4 is 11.8 Å². The quantitative estimate of drug-likeness (QED) is 0.895. The number of piperidine rings is 1. The minimum Gasteiger partial charge on any atom is -0.478 e. The largest absolute Gasteiger partial charge is 0.478 e. The molecule has 1 aromatic heterocycles. The van der Waals surface area contributed by atoms with Crippen LogP contribution >= 0.6 is 0 Å². The highest BCUT2D eigenvalue weighted by atomic mass is 16.5. The first kappa shape index (κ1) is 14.8. The zero-order valence-electron chi connectivity index (χ0n) is 12.1. The average Bonchev–Trinajstić information content (AvgIpc) is 2.47. The molecule has 1 aliphatic heterocycles.